The number of halogens is 6. The number of aliphatic hydroxyl groups excluding tert-OH is 1. The lowest BCUT2D eigenvalue weighted by Gasteiger charge is -2.12. The monoisotopic (exact) mass is 436 g/mol. The van der Waals surface area contributed by atoms with Crippen LogP contribution in [0.15, 0.2) is 36.4 Å². The van der Waals surface area contributed by atoms with Crippen molar-refractivity contribution in [1.82, 2.24) is 0 Å². The molecule has 0 aliphatic heterocycles. The molecule has 0 unspecified atom stereocenters. The molecule has 0 atom stereocenters. The lowest BCUT2D eigenvalue weighted by Crippen LogP contribution is -2.11. The molecule has 9 heteroatoms. The van der Waals surface area contributed by atoms with Crippen molar-refractivity contribution in [2.45, 2.75) is 45.6 Å². The fraction of sp³-hybridized carbons (Fsp3) is 0.381. The summed E-state index contributed by atoms with van der Waals surface area (Å²) in [6.45, 7) is 2.93. The van der Waals surface area contributed by atoms with Crippen molar-refractivity contribution in [2.75, 3.05) is 7.11 Å². The third-order valence-electron chi connectivity index (χ3n) is 4.26. The molecule has 2 aromatic rings. The maximum Gasteiger partial charge on any atom is 0.416 e. The topological polar surface area (TPSA) is 46.5 Å². The van der Waals surface area contributed by atoms with Crippen LogP contribution in [-0.4, -0.2) is 18.2 Å². The van der Waals surface area contributed by atoms with Crippen molar-refractivity contribution in [2.24, 2.45) is 0 Å². The molecule has 3 nitrogen and oxygen atoms in total. The van der Waals surface area contributed by atoms with Crippen LogP contribution >= 0.6 is 0 Å². The van der Waals surface area contributed by atoms with Gasteiger partial charge in [0.05, 0.1) is 30.4 Å². The number of aliphatic hydroxyl groups is 1. The number of esters is 1. The van der Waals surface area contributed by atoms with E-state index in [0.29, 0.717) is 6.42 Å². The van der Waals surface area contributed by atoms with Crippen LogP contribution < -0.4 is 0 Å². The van der Waals surface area contributed by atoms with Gasteiger partial charge in [-0.05, 0) is 47.7 Å². The maximum absolute atomic E-state index is 12.6. The normalized spacial score (nSPS) is 11.5. The first kappa shape index (κ1) is 25.5. The van der Waals surface area contributed by atoms with Crippen molar-refractivity contribution in [3.63, 3.8) is 0 Å². The van der Waals surface area contributed by atoms with E-state index in [1.807, 2.05) is 0 Å². The second kappa shape index (κ2) is 10.5. The molecule has 0 radical (unpaired) electrons. The molecule has 0 amide bonds. The number of methoxy groups -OCH3 is 1. The summed E-state index contributed by atoms with van der Waals surface area (Å²) in [6.07, 6.45) is -8.19. The molecule has 0 saturated heterocycles. The summed E-state index contributed by atoms with van der Waals surface area (Å²) in [7, 11) is 1.13. The van der Waals surface area contributed by atoms with Crippen LogP contribution in [0.2, 0.25) is 0 Å². The van der Waals surface area contributed by atoms with E-state index in [-0.39, 0.29) is 35.3 Å². The highest BCUT2D eigenvalue weighted by molar-refractivity contribution is 5.89. The molecule has 2 aromatic carbocycles. The van der Waals surface area contributed by atoms with Gasteiger partial charge in [0.15, 0.2) is 0 Å². The van der Waals surface area contributed by atoms with Gasteiger partial charge in [-0.25, -0.2) is 4.79 Å². The van der Waals surface area contributed by atoms with E-state index in [1.54, 1.807) is 13.8 Å². The molecular formula is C21H22F6O3. The minimum atomic E-state index is -4.45. The number of carbonyl (C=O) groups excluding carboxylic acids is 1. The second-order valence-electron chi connectivity index (χ2n) is 6.22. The minimum absolute atomic E-state index is 0.0907. The van der Waals surface area contributed by atoms with Gasteiger partial charge in [-0.1, -0.05) is 32.0 Å². The molecular weight excluding hydrogens is 414 g/mol. The Morgan fingerprint density at radius 1 is 0.867 bits per heavy atom. The number of aryl methyl sites for hydroxylation is 2. The van der Waals surface area contributed by atoms with Gasteiger partial charge in [0.25, 0.3) is 0 Å². The highest BCUT2D eigenvalue weighted by Gasteiger charge is 2.34. The van der Waals surface area contributed by atoms with Gasteiger partial charge in [0, 0.05) is 0 Å². The Balaban J connectivity index is 0.000000303. The summed E-state index contributed by atoms with van der Waals surface area (Å²) in [6, 6.07) is 7.38. The van der Waals surface area contributed by atoms with Gasteiger partial charge in [0.1, 0.15) is 0 Å². The zero-order valence-electron chi connectivity index (χ0n) is 16.6. The van der Waals surface area contributed by atoms with E-state index in [9.17, 15) is 31.1 Å². The molecule has 0 spiro atoms. The molecule has 0 saturated carbocycles. The van der Waals surface area contributed by atoms with E-state index in [2.05, 4.69) is 4.74 Å². The second-order valence-corrected chi connectivity index (χ2v) is 6.22. The Morgan fingerprint density at radius 2 is 1.33 bits per heavy atom. The van der Waals surface area contributed by atoms with Crippen molar-refractivity contribution >= 4 is 5.97 Å². The van der Waals surface area contributed by atoms with Crippen LogP contribution in [0.4, 0.5) is 26.3 Å². The summed E-state index contributed by atoms with van der Waals surface area (Å²) in [4.78, 5) is 11.1. The highest BCUT2D eigenvalue weighted by atomic mass is 19.4. The molecule has 30 heavy (non-hydrogen) atoms. The third kappa shape index (κ3) is 6.76. The number of benzene rings is 2. The molecule has 0 heterocycles. The SMILES string of the molecule is CCc1ccc(C(=O)OC)cc1C(F)(F)F.CCc1ccc(CO)cc1C(F)(F)F. The number of hydrogen-bond donors (Lipinski definition) is 1. The number of alkyl halides is 6. The predicted molar refractivity (Wildman–Crippen MR) is 98.9 cm³/mol. The van der Waals surface area contributed by atoms with Gasteiger partial charge in [0.2, 0.25) is 0 Å². The number of rotatable bonds is 4. The molecule has 0 fully saturated rings. The van der Waals surface area contributed by atoms with E-state index in [1.165, 1.54) is 24.3 Å². The van der Waals surface area contributed by atoms with E-state index in [4.69, 9.17) is 5.11 Å². The molecule has 166 valence electrons. The highest BCUT2D eigenvalue weighted by Crippen LogP contribution is 2.34. The van der Waals surface area contributed by atoms with Crippen molar-refractivity contribution in [3.8, 4) is 0 Å². The van der Waals surface area contributed by atoms with Gasteiger partial charge in [-0.15, -0.1) is 0 Å². The molecule has 0 aromatic heterocycles. The van der Waals surface area contributed by atoms with Gasteiger partial charge < -0.3 is 9.84 Å². The first-order chi connectivity index (χ1) is 13.9. The quantitative estimate of drug-likeness (QED) is 0.486. The summed E-state index contributed by atoms with van der Waals surface area (Å²) in [5, 5.41) is 8.72. The molecule has 0 aliphatic rings. The van der Waals surface area contributed by atoms with Crippen molar-refractivity contribution in [3.05, 3.63) is 69.8 Å². The van der Waals surface area contributed by atoms with E-state index in [0.717, 1.165) is 19.2 Å². The number of ether oxygens (including phenoxy) is 1. The van der Waals surface area contributed by atoms with E-state index < -0.39 is 29.4 Å². The molecule has 0 aliphatic carbocycles. The average molecular weight is 436 g/mol. The van der Waals surface area contributed by atoms with Crippen LogP contribution in [0, 0.1) is 0 Å². The first-order valence-electron chi connectivity index (χ1n) is 8.97. The number of carbonyl (C=O) groups is 1. The fourth-order valence-electron chi connectivity index (χ4n) is 2.69. The van der Waals surface area contributed by atoms with Gasteiger partial charge in [-0.3, -0.25) is 0 Å². The van der Waals surface area contributed by atoms with Crippen molar-refractivity contribution < 1.29 is 41.0 Å². The smallest absolute Gasteiger partial charge is 0.416 e. The summed E-state index contributed by atoms with van der Waals surface area (Å²) >= 11 is 0. The Morgan fingerprint density at radius 3 is 1.73 bits per heavy atom. The van der Waals surface area contributed by atoms with Crippen molar-refractivity contribution in [1.29, 1.82) is 0 Å². The standard InChI is InChI=1S/C11H11F3O2.C10H11F3O/c1-3-7-4-5-8(10(15)16-2)6-9(7)11(12,13)14;1-2-8-4-3-7(6-14)5-9(8)10(11,12)13/h4-6H,3H2,1-2H3;3-5,14H,2,6H2,1H3. The Labute approximate surface area is 170 Å². The summed E-state index contributed by atoms with van der Waals surface area (Å²) in [5.74, 6) is -0.770. The molecule has 0 bridgehead atoms. The van der Waals surface area contributed by atoms with Crippen LogP contribution in [0.1, 0.15) is 52.0 Å². The minimum Gasteiger partial charge on any atom is -0.465 e. The van der Waals surface area contributed by atoms with Crippen LogP contribution in [0.25, 0.3) is 0 Å². The number of hydrogen-bond acceptors (Lipinski definition) is 3. The Hall–Kier alpha value is -2.55. The first-order valence-corrected chi connectivity index (χ1v) is 8.97. The lowest BCUT2D eigenvalue weighted by molar-refractivity contribution is -0.139. The predicted octanol–water partition coefficient (Wildman–Crippen LogP) is 5.81. The third-order valence-corrected chi connectivity index (χ3v) is 4.26. The summed E-state index contributed by atoms with van der Waals surface area (Å²) in [5.41, 5.74) is -0.805. The molecule has 2 rings (SSSR count). The van der Waals surface area contributed by atoms with Gasteiger partial charge in [-0.2, -0.15) is 26.3 Å². The average Bonchev–Trinajstić information content (AvgIpc) is 2.71. The largest absolute Gasteiger partial charge is 0.465 e. The van der Waals surface area contributed by atoms with Crippen LogP contribution in [0.5, 0.6) is 0 Å². The fourth-order valence-corrected chi connectivity index (χ4v) is 2.69. The maximum atomic E-state index is 12.6. The van der Waals surface area contributed by atoms with Crippen LogP contribution in [0.3, 0.4) is 0 Å². The Kier molecular flexibility index (Phi) is 8.90. The lowest BCUT2D eigenvalue weighted by atomic mass is 10.0. The van der Waals surface area contributed by atoms with Gasteiger partial charge >= 0.3 is 18.3 Å². The summed E-state index contributed by atoms with van der Waals surface area (Å²) < 4.78 is 79.7. The zero-order chi connectivity index (χ0) is 23.1. The molecule has 1 N–H and O–H groups in total. The van der Waals surface area contributed by atoms with E-state index >= 15 is 0 Å². The Bertz CT molecular complexity index is 857. The zero-order valence-corrected chi connectivity index (χ0v) is 16.6. The van der Waals surface area contributed by atoms with Crippen LogP contribution in [-0.2, 0) is 36.5 Å².